The molecular formula is C14H14N2O4. The number of aromatic hydroxyl groups is 1. The van der Waals surface area contributed by atoms with Crippen LogP contribution < -0.4 is 10.6 Å². The number of aliphatic carboxylic acids is 1. The van der Waals surface area contributed by atoms with Gasteiger partial charge in [0.15, 0.2) is 0 Å². The van der Waals surface area contributed by atoms with E-state index >= 15 is 0 Å². The Morgan fingerprint density at radius 3 is 2.50 bits per heavy atom. The SMILES string of the molecule is CC1(C=CC(=O)O)NC(=O)C(=Cc2ccc(O)cc2)N1. The summed E-state index contributed by atoms with van der Waals surface area (Å²) in [7, 11) is 0. The maximum absolute atomic E-state index is 11.8. The van der Waals surface area contributed by atoms with Crippen LogP contribution in [0.1, 0.15) is 12.5 Å². The third-order valence-electron chi connectivity index (χ3n) is 2.78. The van der Waals surface area contributed by atoms with Gasteiger partial charge >= 0.3 is 5.97 Å². The first-order chi connectivity index (χ1) is 9.38. The number of rotatable bonds is 3. The van der Waals surface area contributed by atoms with Gasteiger partial charge in [-0.25, -0.2) is 4.79 Å². The van der Waals surface area contributed by atoms with Crippen molar-refractivity contribution in [2.75, 3.05) is 0 Å². The van der Waals surface area contributed by atoms with Crippen molar-refractivity contribution in [1.82, 2.24) is 10.6 Å². The molecule has 1 aliphatic heterocycles. The molecular weight excluding hydrogens is 260 g/mol. The molecule has 0 aliphatic carbocycles. The number of phenols is 1. The van der Waals surface area contributed by atoms with Gasteiger partial charge < -0.3 is 20.8 Å². The Hall–Kier alpha value is -2.76. The fourth-order valence-corrected chi connectivity index (χ4v) is 1.83. The van der Waals surface area contributed by atoms with Crippen LogP contribution in [-0.4, -0.2) is 27.8 Å². The van der Waals surface area contributed by atoms with Crippen molar-refractivity contribution in [1.29, 1.82) is 0 Å². The van der Waals surface area contributed by atoms with Crippen LogP contribution in [0.25, 0.3) is 6.08 Å². The fraction of sp³-hybridized carbons (Fsp3) is 0.143. The zero-order valence-electron chi connectivity index (χ0n) is 10.8. The van der Waals surface area contributed by atoms with Crippen LogP contribution in [0.4, 0.5) is 0 Å². The highest BCUT2D eigenvalue weighted by molar-refractivity contribution is 6.00. The topological polar surface area (TPSA) is 98.7 Å². The first kappa shape index (κ1) is 13.7. The van der Waals surface area contributed by atoms with Gasteiger partial charge in [-0.3, -0.25) is 4.79 Å². The average molecular weight is 274 g/mol. The van der Waals surface area contributed by atoms with E-state index < -0.39 is 11.6 Å². The second kappa shape index (κ2) is 5.08. The molecule has 1 atom stereocenters. The Morgan fingerprint density at radius 2 is 1.90 bits per heavy atom. The van der Waals surface area contributed by atoms with Gasteiger partial charge in [0.2, 0.25) is 0 Å². The number of nitrogens with one attached hydrogen (secondary N) is 2. The molecule has 1 amide bonds. The molecule has 6 heteroatoms. The molecule has 1 heterocycles. The largest absolute Gasteiger partial charge is 0.508 e. The standard InChI is InChI=1S/C14H14N2O4/c1-14(7-6-12(18)19)15-11(13(20)16-14)8-9-2-4-10(17)5-3-9/h2-8,15,17H,1H3,(H,16,20)(H,18,19). The van der Waals surface area contributed by atoms with E-state index in [4.69, 9.17) is 5.11 Å². The summed E-state index contributed by atoms with van der Waals surface area (Å²) in [4.78, 5) is 22.4. The second-order valence-electron chi connectivity index (χ2n) is 4.60. The molecule has 20 heavy (non-hydrogen) atoms. The highest BCUT2D eigenvalue weighted by atomic mass is 16.4. The van der Waals surface area contributed by atoms with Crippen molar-refractivity contribution in [3.05, 3.63) is 47.7 Å². The van der Waals surface area contributed by atoms with Gasteiger partial charge in [-0.2, -0.15) is 0 Å². The van der Waals surface area contributed by atoms with Crippen molar-refractivity contribution in [2.45, 2.75) is 12.6 Å². The van der Waals surface area contributed by atoms with E-state index in [1.54, 1.807) is 25.1 Å². The van der Waals surface area contributed by atoms with Crippen molar-refractivity contribution in [2.24, 2.45) is 0 Å². The molecule has 104 valence electrons. The summed E-state index contributed by atoms with van der Waals surface area (Å²) >= 11 is 0. The second-order valence-corrected chi connectivity index (χ2v) is 4.60. The monoisotopic (exact) mass is 274 g/mol. The Balaban J connectivity index is 2.20. The number of hydrogen-bond donors (Lipinski definition) is 4. The van der Waals surface area contributed by atoms with Crippen molar-refractivity contribution in [3.63, 3.8) is 0 Å². The van der Waals surface area contributed by atoms with E-state index in [1.807, 2.05) is 0 Å². The predicted molar refractivity (Wildman–Crippen MR) is 72.5 cm³/mol. The van der Waals surface area contributed by atoms with E-state index in [0.29, 0.717) is 5.70 Å². The minimum absolute atomic E-state index is 0.144. The van der Waals surface area contributed by atoms with Crippen molar-refractivity contribution in [3.8, 4) is 5.75 Å². The Labute approximate surface area is 115 Å². The number of carbonyl (C=O) groups is 2. The first-order valence-corrected chi connectivity index (χ1v) is 5.91. The lowest BCUT2D eigenvalue weighted by Crippen LogP contribution is -2.44. The van der Waals surface area contributed by atoms with Gasteiger partial charge in [0.25, 0.3) is 5.91 Å². The van der Waals surface area contributed by atoms with E-state index in [-0.39, 0.29) is 11.7 Å². The van der Waals surface area contributed by atoms with Crippen LogP contribution in [0, 0.1) is 0 Å². The number of benzene rings is 1. The van der Waals surface area contributed by atoms with Gasteiger partial charge in [-0.15, -0.1) is 0 Å². The molecule has 1 aliphatic rings. The molecule has 1 aromatic carbocycles. The maximum Gasteiger partial charge on any atom is 0.328 e. The van der Waals surface area contributed by atoms with Crippen molar-refractivity contribution >= 4 is 18.0 Å². The summed E-state index contributed by atoms with van der Waals surface area (Å²) < 4.78 is 0. The summed E-state index contributed by atoms with van der Waals surface area (Å²) in [6.07, 6.45) is 3.95. The summed E-state index contributed by atoms with van der Waals surface area (Å²) in [5.74, 6) is -1.26. The molecule has 0 spiro atoms. The maximum atomic E-state index is 11.8. The zero-order chi connectivity index (χ0) is 14.8. The summed E-state index contributed by atoms with van der Waals surface area (Å²) in [6, 6.07) is 6.37. The molecule has 6 nitrogen and oxygen atoms in total. The molecule has 1 fully saturated rings. The smallest absolute Gasteiger partial charge is 0.328 e. The summed E-state index contributed by atoms with van der Waals surface area (Å²) in [6.45, 7) is 1.65. The van der Waals surface area contributed by atoms with Gasteiger partial charge in [0, 0.05) is 6.08 Å². The van der Waals surface area contributed by atoms with E-state index in [1.165, 1.54) is 18.2 Å². The number of carboxylic acid groups (broad SMARTS) is 1. The molecule has 1 saturated heterocycles. The molecule has 0 bridgehead atoms. The van der Waals surface area contributed by atoms with Crippen LogP contribution >= 0.6 is 0 Å². The quantitative estimate of drug-likeness (QED) is 0.611. The Kier molecular flexibility index (Phi) is 3.47. The number of amides is 1. The number of hydrogen-bond acceptors (Lipinski definition) is 4. The lowest BCUT2D eigenvalue weighted by molar-refractivity contribution is -0.131. The molecule has 1 aromatic rings. The highest BCUT2D eigenvalue weighted by Crippen LogP contribution is 2.18. The molecule has 2 rings (SSSR count). The third-order valence-corrected chi connectivity index (χ3v) is 2.78. The lowest BCUT2D eigenvalue weighted by atomic mass is 10.2. The normalized spacial score (nSPS) is 23.9. The number of carbonyl (C=O) groups excluding carboxylic acids is 1. The van der Waals surface area contributed by atoms with Crippen molar-refractivity contribution < 1.29 is 19.8 Å². The molecule has 1 unspecified atom stereocenters. The van der Waals surface area contributed by atoms with Crippen LogP contribution in [-0.2, 0) is 9.59 Å². The fourth-order valence-electron chi connectivity index (χ4n) is 1.83. The van der Waals surface area contributed by atoms with Crippen LogP contribution in [0.3, 0.4) is 0 Å². The number of phenolic OH excluding ortho intramolecular Hbond substituents is 1. The average Bonchev–Trinajstić information content (AvgIpc) is 2.66. The summed E-state index contributed by atoms with van der Waals surface area (Å²) in [5, 5.41) is 23.4. The Bertz CT molecular complexity index is 604. The predicted octanol–water partition coefficient (Wildman–Crippen LogP) is 0.809. The van der Waals surface area contributed by atoms with Crippen LogP contribution in [0.5, 0.6) is 5.75 Å². The minimum atomic E-state index is -1.08. The molecule has 0 saturated carbocycles. The van der Waals surface area contributed by atoms with E-state index in [0.717, 1.165) is 11.6 Å². The lowest BCUT2D eigenvalue weighted by Gasteiger charge is -2.19. The van der Waals surface area contributed by atoms with Crippen LogP contribution in [0.15, 0.2) is 42.1 Å². The minimum Gasteiger partial charge on any atom is -0.508 e. The number of carboxylic acids is 1. The van der Waals surface area contributed by atoms with Gasteiger partial charge in [0.1, 0.15) is 17.1 Å². The summed E-state index contributed by atoms with van der Waals surface area (Å²) in [5.41, 5.74) is 0.137. The van der Waals surface area contributed by atoms with Gasteiger partial charge in [-0.05, 0) is 36.8 Å². The van der Waals surface area contributed by atoms with Crippen LogP contribution in [0.2, 0.25) is 0 Å². The molecule has 0 radical (unpaired) electrons. The molecule has 4 N–H and O–H groups in total. The van der Waals surface area contributed by atoms with Gasteiger partial charge in [-0.1, -0.05) is 12.1 Å². The van der Waals surface area contributed by atoms with E-state index in [9.17, 15) is 14.7 Å². The van der Waals surface area contributed by atoms with Gasteiger partial charge in [0.05, 0.1) is 0 Å². The van der Waals surface area contributed by atoms with E-state index in [2.05, 4.69) is 10.6 Å². The first-order valence-electron chi connectivity index (χ1n) is 5.91. The highest BCUT2D eigenvalue weighted by Gasteiger charge is 2.33. The third kappa shape index (κ3) is 3.17. The molecule has 0 aromatic heterocycles. The zero-order valence-corrected chi connectivity index (χ0v) is 10.8. The Morgan fingerprint density at radius 1 is 1.25 bits per heavy atom.